The van der Waals surface area contributed by atoms with Crippen molar-refractivity contribution in [3.8, 4) is 11.4 Å². The van der Waals surface area contributed by atoms with E-state index in [9.17, 15) is 13.6 Å². The smallest absolute Gasteiger partial charge is 0.253 e. The van der Waals surface area contributed by atoms with Gasteiger partial charge in [0.2, 0.25) is 0 Å². The van der Waals surface area contributed by atoms with Gasteiger partial charge in [-0.15, -0.1) is 0 Å². The van der Waals surface area contributed by atoms with Crippen molar-refractivity contribution < 1.29 is 18.0 Å². The third-order valence-corrected chi connectivity index (χ3v) is 4.67. The van der Waals surface area contributed by atoms with Gasteiger partial charge in [-0.2, -0.15) is 0 Å². The highest BCUT2D eigenvalue weighted by molar-refractivity contribution is 5.94. The van der Waals surface area contributed by atoms with Gasteiger partial charge in [-0.05, 0) is 43.2 Å². The Morgan fingerprint density at radius 1 is 1.15 bits per heavy atom. The first-order chi connectivity index (χ1) is 13.1. The van der Waals surface area contributed by atoms with E-state index in [1.807, 2.05) is 18.2 Å². The number of likely N-dealkylation sites (tertiary alicyclic amines) is 1. The van der Waals surface area contributed by atoms with Gasteiger partial charge in [-0.25, -0.2) is 13.8 Å². The molecule has 0 N–H and O–H groups in total. The molecule has 3 heterocycles. The largest absolute Gasteiger partial charge is 0.448 e. The van der Waals surface area contributed by atoms with Crippen LogP contribution in [0, 0.1) is 11.6 Å². The van der Waals surface area contributed by atoms with E-state index in [2.05, 4.69) is 9.97 Å². The van der Waals surface area contributed by atoms with E-state index in [0.29, 0.717) is 24.7 Å². The Balaban J connectivity index is 1.50. The highest BCUT2D eigenvalue weighted by atomic mass is 19.2. The number of halogens is 2. The van der Waals surface area contributed by atoms with Crippen LogP contribution in [-0.2, 0) is 0 Å². The molecular weight excluding hydrogens is 352 g/mol. The molecule has 0 unspecified atom stereocenters. The number of hydrogen-bond acceptors (Lipinski definition) is 4. The van der Waals surface area contributed by atoms with E-state index in [1.54, 1.807) is 17.4 Å². The monoisotopic (exact) mass is 369 g/mol. The molecule has 0 bridgehead atoms. The minimum absolute atomic E-state index is 0.0505. The van der Waals surface area contributed by atoms with Gasteiger partial charge in [0.15, 0.2) is 17.5 Å². The molecule has 4 rings (SSSR count). The Hall–Kier alpha value is -3.09. The predicted molar refractivity (Wildman–Crippen MR) is 94.0 cm³/mol. The molecule has 1 aromatic carbocycles. The van der Waals surface area contributed by atoms with Gasteiger partial charge in [0.05, 0.1) is 11.6 Å². The summed E-state index contributed by atoms with van der Waals surface area (Å²) in [6.45, 7) is 0.974. The molecule has 27 heavy (non-hydrogen) atoms. The van der Waals surface area contributed by atoms with Crippen LogP contribution in [0.3, 0.4) is 0 Å². The number of carbonyl (C=O) groups excluding carboxylic acids is 1. The number of hydrogen-bond donors (Lipinski definition) is 0. The van der Waals surface area contributed by atoms with Crippen LogP contribution in [-0.4, -0.2) is 33.9 Å². The summed E-state index contributed by atoms with van der Waals surface area (Å²) in [6.07, 6.45) is 4.87. The number of nitrogens with zero attached hydrogens (tertiary/aromatic N) is 3. The van der Waals surface area contributed by atoms with Crippen LogP contribution in [0.15, 0.2) is 53.3 Å². The standard InChI is InChI=1S/C20H17F2N3O2/c21-15-7-6-13(10-16(15)22)20(26)25-9-3-4-14(11-25)19-24-18(12-27-19)17-5-1-2-8-23-17/h1-2,5-8,10,12,14H,3-4,9,11H2/t14-/m0/s1. The van der Waals surface area contributed by atoms with Gasteiger partial charge < -0.3 is 9.32 Å². The normalized spacial score (nSPS) is 17.1. The lowest BCUT2D eigenvalue weighted by atomic mass is 9.97. The quantitative estimate of drug-likeness (QED) is 0.699. The number of rotatable bonds is 3. The first-order valence-corrected chi connectivity index (χ1v) is 8.73. The molecule has 1 atom stereocenters. The third kappa shape index (κ3) is 3.58. The van der Waals surface area contributed by atoms with Gasteiger partial charge >= 0.3 is 0 Å². The van der Waals surface area contributed by atoms with Crippen LogP contribution in [0.5, 0.6) is 0 Å². The second-order valence-corrected chi connectivity index (χ2v) is 6.51. The van der Waals surface area contributed by atoms with Gasteiger partial charge in [0.25, 0.3) is 5.91 Å². The molecule has 1 aliphatic heterocycles. The zero-order valence-electron chi connectivity index (χ0n) is 14.4. The Morgan fingerprint density at radius 3 is 2.81 bits per heavy atom. The van der Waals surface area contributed by atoms with E-state index in [-0.39, 0.29) is 17.4 Å². The van der Waals surface area contributed by atoms with Crippen molar-refractivity contribution in [1.29, 1.82) is 0 Å². The fraction of sp³-hybridized carbons (Fsp3) is 0.250. The average molecular weight is 369 g/mol. The molecule has 0 radical (unpaired) electrons. The molecule has 0 spiro atoms. The number of oxazole rings is 1. The van der Waals surface area contributed by atoms with Crippen LogP contribution in [0.1, 0.15) is 35.0 Å². The fourth-order valence-electron chi connectivity index (χ4n) is 3.28. The summed E-state index contributed by atoms with van der Waals surface area (Å²) in [5.74, 6) is -1.81. The topological polar surface area (TPSA) is 59.2 Å². The van der Waals surface area contributed by atoms with E-state index in [4.69, 9.17) is 4.42 Å². The molecule has 1 saturated heterocycles. The van der Waals surface area contributed by atoms with Crippen LogP contribution in [0.2, 0.25) is 0 Å². The summed E-state index contributed by atoms with van der Waals surface area (Å²) in [7, 11) is 0. The Labute approximate surface area is 154 Å². The van der Waals surface area contributed by atoms with Crippen molar-refractivity contribution in [2.45, 2.75) is 18.8 Å². The maximum Gasteiger partial charge on any atom is 0.253 e. The van der Waals surface area contributed by atoms with Crippen molar-refractivity contribution in [2.75, 3.05) is 13.1 Å². The molecule has 2 aromatic heterocycles. The van der Waals surface area contributed by atoms with Crippen molar-refractivity contribution in [2.24, 2.45) is 0 Å². The zero-order valence-corrected chi connectivity index (χ0v) is 14.4. The Kier molecular flexibility index (Phi) is 4.66. The molecule has 138 valence electrons. The minimum atomic E-state index is -1.03. The first-order valence-electron chi connectivity index (χ1n) is 8.73. The molecule has 5 nitrogen and oxygen atoms in total. The SMILES string of the molecule is O=C(c1ccc(F)c(F)c1)N1CCC[C@H](c2nc(-c3ccccn3)co2)C1. The summed E-state index contributed by atoms with van der Waals surface area (Å²) in [4.78, 5) is 23.0. The van der Waals surface area contributed by atoms with Gasteiger partial charge in [0.1, 0.15) is 12.0 Å². The number of carbonyl (C=O) groups is 1. The highest BCUT2D eigenvalue weighted by Crippen LogP contribution is 2.29. The number of benzene rings is 1. The second kappa shape index (κ2) is 7.26. The Morgan fingerprint density at radius 2 is 2.04 bits per heavy atom. The maximum atomic E-state index is 13.4. The van der Waals surface area contributed by atoms with E-state index < -0.39 is 11.6 Å². The van der Waals surface area contributed by atoms with Crippen molar-refractivity contribution in [3.05, 3.63) is 71.9 Å². The summed E-state index contributed by atoms with van der Waals surface area (Å²) in [6, 6.07) is 8.76. The average Bonchev–Trinajstić information content (AvgIpc) is 3.21. The number of piperidine rings is 1. The summed E-state index contributed by atoms with van der Waals surface area (Å²) in [5.41, 5.74) is 1.50. The van der Waals surface area contributed by atoms with Gasteiger partial charge in [-0.3, -0.25) is 9.78 Å². The predicted octanol–water partition coefficient (Wildman–Crippen LogP) is 4.03. The molecule has 0 aliphatic carbocycles. The molecule has 1 fully saturated rings. The first kappa shape index (κ1) is 17.3. The van der Waals surface area contributed by atoms with Crippen LogP contribution in [0.25, 0.3) is 11.4 Å². The number of aromatic nitrogens is 2. The molecular formula is C20H17F2N3O2. The number of pyridine rings is 1. The molecule has 1 aliphatic rings. The van der Waals surface area contributed by atoms with Gasteiger partial charge in [0, 0.05) is 24.8 Å². The van der Waals surface area contributed by atoms with E-state index in [1.165, 1.54) is 6.07 Å². The zero-order chi connectivity index (χ0) is 18.8. The summed E-state index contributed by atoms with van der Waals surface area (Å²) >= 11 is 0. The Bertz CT molecular complexity index is 959. The molecule has 0 saturated carbocycles. The highest BCUT2D eigenvalue weighted by Gasteiger charge is 2.29. The molecule has 3 aromatic rings. The lowest BCUT2D eigenvalue weighted by molar-refractivity contribution is 0.0697. The second-order valence-electron chi connectivity index (χ2n) is 6.51. The molecule has 7 heteroatoms. The van der Waals surface area contributed by atoms with Crippen molar-refractivity contribution in [3.63, 3.8) is 0 Å². The van der Waals surface area contributed by atoms with Gasteiger partial charge in [-0.1, -0.05) is 6.07 Å². The van der Waals surface area contributed by atoms with Crippen molar-refractivity contribution in [1.82, 2.24) is 14.9 Å². The number of amides is 1. The van der Waals surface area contributed by atoms with Crippen molar-refractivity contribution >= 4 is 5.91 Å². The van der Waals surface area contributed by atoms with Crippen LogP contribution < -0.4 is 0 Å². The molecule has 1 amide bonds. The van der Waals surface area contributed by atoms with E-state index in [0.717, 1.165) is 30.7 Å². The van der Waals surface area contributed by atoms with E-state index >= 15 is 0 Å². The lowest BCUT2D eigenvalue weighted by Crippen LogP contribution is -2.39. The van der Waals surface area contributed by atoms with Crippen LogP contribution >= 0.6 is 0 Å². The third-order valence-electron chi connectivity index (χ3n) is 4.67. The van der Waals surface area contributed by atoms with Crippen LogP contribution in [0.4, 0.5) is 8.78 Å². The summed E-state index contributed by atoms with van der Waals surface area (Å²) < 4.78 is 32.2. The lowest BCUT2D eigenvalue weighted by Gasteiger charge is -2.31. The maximum absolute atomic E-state index is 13.4. The minimum Gasteiger partial charge on any atom is -0.448 e. The summed E-state index contributed by atoms with van der Waals surface area (Å²) in [5, 5.41) is 0. The fourth-order valence-corrected chi connectivity index (χ4v) is 3.28.